The summed E-state index contributed by atoms with van der Waals surface area (Å²) in [6, 6.07) is 4.65. The quantitative estimate of drug-likeness (QED) is 0.887. The summed E-state index contributed by atoms with van der Waals surface area (Å²) in [5.74, 6) is -3.75. The molecule has 3 rings (SSSR count). The number of nitrogens with one attached hydrogen (secondary N) is 1. The molecule has 114 valence electrons. The Morgan fingerprint density at radius 3 is 2.62 bits per heavy atom. The van der Waals surface area contributed by atoms with Crippen LogP contribution >= 0.6 is 23.2 Å². The molecule has 21 heavy (non-hydrogen) atoms. The maximum Gasteiger partial charge on any atom is 0.255 e. The molecule has 3 unspecified atom stereocenters. The van der Waals surface area contributed by atoms with Crippen molar-refractivity contribution in [3.8, 4) is 0 Å². The van der Waals surface area contributed by atoms with Crippen LogP contribution in [0.5, 0.6) is 0 Å². The summed E-state index contributed by atoms with van der Waals surface area (Å²) in [4.78, 5) is 11.8. The normalized spacial score (nSPS) is 30.0. The van der Waals surface area contributed by atoms with E-state index in [1.807, 2.05) is 0 Å². The number of amides is 1. The van der Waals surface area contributed by atoms with Gasteiger partial charge in [0.1, 0.15) is 0 Å². The van der Waals surface area contributed by atoms with Crippen LogP contribution in [0, 0.1) is 11.3 Å². The smallest absolute Gasteiger partial charge is 0.255 e. The highest BCUT2D eigenvalue weighted by Crippen LogP contribution is 2.79. The molecule has 2 aliphatic carbocycles. The van der Waals surface area contributed by atoms with Gasteiger partial charge in [0.05, 0.1) is 27.5 Å². The van der Waals surface area contributed by atoms with Crippen molar-refractivity contribution in [1.82, 2.24) is 5.32 Å². The third kappa shape index (κ3) is 2.51. The second-order valence-corrected chi connectivity index (χ2v) is 6.54. The molecule has 3 nitrogen and oxygen atoms in total. The van der Waals surface area contributed by atoms with E-state index in [0.717, 1.165) is 0 Å². The lowest BCUT2D eigenvalue weighted by Gasteiger charge is -2.13. The van der Waals surface area contributed by atoms with Gasteiger partial charge < -0.3 is 10.4 Å². The lowest BCUT2D eigenvalue weighted by atomic mass is 10.1. The zero-order chi connectivity index (χ0) is 15.4. The summed E-state index contributed by atoms with van der Waals surface area (Å²) in [6.45, 7) is -0.0467. The molecule has 0 aromatic heterocycles. The van der Waals surface area contributed by atoms with Crippen molar-refractivity contribution in [3.63, 3.8) is 0 Å². The largest absolute Gasteiger partial charge is 0.387 e. The van der Waals surface area contributed by atoms with E-state index in [9.17, 15) is 18.7 Å². The highest BCUT2D eigenvalue weighted by atomic mass is 35.5. The molecule has 7 heteroatoms. The van der Waals surface area contributed by atoms with Crippen molar-refractivity contribution >= 4 is 29.1 Å². The van der Waals surface area contributed by atoms with Crippen molar-refractivity contribution in [2.45, 2.75) is 24.9 Å². The average Bonchev–Trinajstić information content (AvgIpc) is 3.26. The van der Waals surface area contributed by atoms with Gasteiger partial charge in [0.15, 0.2) is 0 Å². The van der Waals surface area contributed by atoms with E-state index in [4.69, 9.17) is 23.2 Å². The Bertz CT molecular complexity index is 611. The van der Waals surface area contributed by atoms with Gasteiger partial charge in [-0.05, 0) is 24.1 Å². The minimum atomic E-state index is -2.70. The lowest BCUT2D eigenvalue weighted by Crippen LogP contribution is -2.30. The summed E-state index contributed by atoms with van der Waals surface area (Å²) in [6.07, 6.45) is -0.930. The SMILES string of the molecule is O=C(NCC(O)c1ccc(Cl)c(Cl)c1)C1CC12CC2(F)F. The van der Waals surface area contributed by atoms with Gasteiger partial charge in [0.2, 0.25) is 5.91 Å². The van der Waals surface area contributed by atoms with Gasteiger partial charge in [0, 0.05) is 13.0 Å². The van der Waals surface area contributed by atoms with Gasteiger partial charge >= 0.3 is 0 Å². The van der Waals surface area contributed by atoms with Crippen molar-refractivity contribution < 1.29 is 18.7 Å². The first kappa shape index (κ1) is 15.0. The molecule has 1 amide bonds. The van der Waals surface area contributed by atoms with E-state index in [1.54, 1.807) is 12.1 Å². The van der Waals surface area contributed by atoms with E-state index >= 15 is 0 Å². The number of carbonyl (C=O) groups excluding carboxylic acids is 1. The predicted molar refractivity (Wildman–Crippen MR) is 74.5 cm³/mol. The standard InChI is InChI=1S/C14H13Cl2F2NO2/c15-9-2-1-7(3-10(9)16)11(20)5-19-12(21)8-4-13(8)6-14(13,17)18/h1-3,8,11,20H,4-6H2,(H,19,21). The summed E-state index contributed by atoms with van der Waals surface area (Å²) >= 11 is 11.6. The van der Waals surface area contributed by atoms with Gasteiger partial charge in [-0.3, -0.25) is 4.79 Å². The van der Waals surface area contributed by atoms with E-state index in [1.165, 1.54) is 6.07 Å². The highest BCUT2D eigenvalue weighted by Gasteiger charge is 2.85. The molecule has 2 fully saturated rings. The fraction of sp³-hybridized carbons (Fsp3) is 0.500. The molecule has 1 aromatic rings. The van der Waals surface area contributed by atoms with Gasteiger partial charge in [-0.1, -0.05) is 29.3 Å². The van der Waals surface area contributed by atoms with E-state index < -0.39 is 29.3 Å². The van der Waals surface area contributed by atoms with E-state index in [2.05, 4.69) is 5.32 Å². The number of carbonyl (C=O) groups is 1. The van der Waals surface area contributed by atoms with Crippen LogP contribution in [0.15, 0.2) is 18.2 Å². The first-order chi connectivity index (χ1) is 9.77. The number of alkyl halides is 2. The topological polar surface area (TPSA) is 49.3 Å². The molecule has 0 radical (unpaired) electrons. The first-order valence-corrected chi connectivity index (χ1v) is 7.31. The molecular formula is C14H13Cl2F2NO2. The number of benzene rings is 1. The Balaban J connectivity index is 1.53. The molecule has 1 aromatic carbocycles. The Hall–Kier alpha value is -0.910. The number of aliphatic hydroxyl groups is 1. The number of rotatable bonds is 4. The number of aliphatic hydroxyl groups excluding tert-OH is 1. The van der Waals surface area contributed by atoms with Gasteiger partial charge in [-0.25, -0.2) is 8.78 Å². The van der Waals surface area contributed by atoms with Crippen molar-refractivity contribution in [1.29, 1.82) is 0 Å². The van der Waals surface area contributed by atoms with Crippen LogP contribution in [-0.4, -0.2) is 23.5 Å². The van der Waals surface area contributed by atoms with Gasteiger partial charge in [-0.2, -0.15) is 0 Å². The predicted octanol–water partition coefficient (Wildman–Crippen LogP) is 3.19. The van der Waals surface area contributed by atoms with E-state index in [-0.39, 0.29) is 19.4 Å². The van der Waals surface area contributed by atoms with Gasteiger partial charge in [-0.15, -0.1) is 0 Å². The third-order valence-corrected chi connectivity index (χ3v) is 5.07. The number of halogens is 4. The Morgan fingerprint density at radius 1 is 1.43 bits per heavy atom. The van der Waals surface area contributed by atoms with Gasteiger partial charge in [0.25, 0.3) is 5.92 Å². The average molecular weight is 336 g/mol. The Kier molecular flexibility index (Phi) is 3.43. The molecule has 1 spiro atoms. The van der Waals surface area contributed by atoms with Crippen LogP contribution in [-0.2, 0) is 4.79 Å². The molecule has 2 aliphatic rings. The minimum absolute atomic E-state index is 0.0467. The highest BCUT2D eigenvalue weighted by molar-refractivity contribution is 6.42. The molecule has 2 N–H and O–H groups in total. The fourth-order valence-corrected chi connectivity index (χ4v) is 3.07. The maximum atomic E-state index is 13.1. The Morgan fingerprint density at radius 2 is 2.10 bits per heavy atom. The van der Waals surface area contributed by atoms with Crippen molar-refractivity contribution in [2.24, 2.45) is 11.3 Å². The van der Waals surface area contributed by atoms with Crippen molar-refractivity contribution in [2.75, 3.05) is 6.54 Å². The van der Waals surface area contributed by atoms with Crippen LogP contribution < -0.4 is 5.32 Å². The van der Waals surface area contributed by atoms with E-state index in [0.29, 0.717) is 15.6 Å². The number of hydrogen-bond donors (Lipinski definition) is 2. The molecular weight excluding hydrogens is 323 g/mol. The molecule has 3 atom stereocenters. The zero-order valence-electron chi connectivity index (χ0n) is 10.9. The Labute approximate surface area is 130 Å². The van der Waals surface area contributed by atoms with Crippen molar-refractivity contribution in [3.05, 3.63) is 33.8 Å². The van der Waals surface area contributed by atoms with Crippen LogP contribution in [0.1, 0.15) is 24.5 Å². The maximum absolute atomic E-state index is 13.1. The van der Waals surface area contributed by atoms with Crippen LogP contribution in [0.4, 0.5) is 8.78 Å². The lowest BCUT2D eigenvalue weighted by molar-refractivity contribution is -0.123. The van der Waals surface area contributed by atoms with Crippen LogP contribution in [0.2, 0.25) is 10.0 Å². The van der Waals surface area contributed by atoms with Crippen LogP contribution in [0.25, 0.3) is 0 Å². The molecule has 0 bridgehead atoms. The summed E-state index contributed by atoms with van der Waals surface area (Å²) in [7, 11) is 0. The first-order valence-electron chi connectivity index (χ1n) is 6.55. The monoisotopic (exact) mass is 335 g/mol. The zero-order valence-corrected chi connectivity index (χ0v) is 12.4. The molecule has 0 heterocycles. The minimum Gasteiger partial charge on any atom is -0.387 e. The molecule has 0 saturated heterocycles. The second kappa shape index (κ2) is 4.80. The summed E-state index contributed by atoms with van der Waals surface area (Å²) in [5, 5.41) is 13.2. The fourth-order valence-electron chi connectivity index (χ4n) is 2.76. The van der Waals surface area contributed by atoms with Crippen LogP contribution in [0.3, 0.4) is 0 Å². The molecule has 2 saturated carbocycles. The summed E-state index contributed by atoms with van der Waals surface area (Å²) < 4.78 is 26.1. The number of hydrogen-bond acceptors (Lipinski definition) is 2. The second-order valence-electron chi connectivity index (χ2n) is 5.73. The third-order valence-electron chi connectivity index (χ3n) is 4.33. The molecule has 0 aliphatic heterocycles. The summed E-state index contributed by atoms with van der Waals surface area (Å²) in [5.41, 5.74) is -0.585.